The van der Waals surface area contributed by atoms with Crippen molar-refractivity contribution in [1.29, 1.82) is 0 Å². The Morgan fingerprint density at radius 2 is 2.24 bits per heavy atom. The van der Waals surface area contributed by atoms with Crippen molar-refractivity contribution in [2.24, 2.45) is 7.05 Å². The van der Waals surface area contributed by atoms with Crippen molar-refractivity contribution in [3.63, 3.8) is 0 Å². The largest absolute Gasteiger partial charge is 0.390 e. The second kappa shape index (κ2) is 4.49. The molecule has 1 aromatic heterocycles. The molecule has 1 atom stereocenters. The van der Waals surface area contributed by atoms with E-state index in [2.05, 4.69) is 4.98 Å². The second-order valence-electron chi connectivity index (χ2n) is 5.03. The average molecular weight is 237 g/mol. The van der Waals surface area contributed by atoms with Crippen molar-refractivity contribution in [2.45, 2.75) is 31.8 Å². The number of carbonyl (C=O) groups is 1. The molecular weight excluding hydrogens is 218 g/mol. The number of aromatic nitrogens is 2. The van der Waals surface area contributed by atoms with E-state index in [0.717, 1.165) is 12.8 Å². The first-order chi connectivity index (χ1) is 7.99. The van der Waals surface area contributed by atoms with E-state index in [1.165, 1.54) is 0 Å². The molecule has 0 aromatic carbocycles. The van der Waals surface area contributed by atoms with Gasteiger partial charge in [-0.05, 0) is 26.2 Å². The molecule has 1 aromatic rings. The van der Waals surface area contributed by atoms with Crippen LogP contribution in [-0.2, 0) is 7.05 Å². The van der Waals surface area contributed by atoms with Gasteiger partial charge in [-0.1, -0.05) is 0 Å². The first-order valence-electron chi connectivity index (χ1n) is 5.97. The molecule has 1 amide bonds. The van der Waals surface area contributed by atoms with Crippen LogP contribution in [0.4, 0.5) is 0 Å². The first kappa shape index (κ1) is 12.1. The van der Waals surface area contributed by atoms with Crippen LogP contribution in [0, 0.1) is 0 Å². The summed E-state index contributed by atoms with van der Waals surface area (Å²) < 4.78 is 1.73. The predicted octanol–water partition coefficient (Wildman–Crippen LogP) is 0.797. The van der Waals surface area contributed by atoms with Crippen molar-refractivity contribution in [1.82, 2.24) is 14.5 Å². The molecule has 0 bridgehead atoms. The molecular formula is C12H19N3O2. The molecule has 5 nitrogen and oxygen atoms in total. The fraction of sp³-hybridized carbons (Fsp3) is 0.667. The third-order valence-electron chi connectivity index (χ3n) is 3.39. The molecule has 0 saturated carbocycles. The van der Waals surface area contributed by atoms with Gasteiger partial charge in [-0.25, -0.2) is 4.98 Å². The van der Waals surface area contributed by atoms with Crippen LogP contribution < -0.4 is 0 Å². The minimum absolute atomic E-state index is 0.00250. The van der Waals surface area contributed by atoms with Gasteiger partial charge in [0.25, 0.3) is 5.91 Å². The molecule has 5 heteroatoms. The Bertz CT molecular complexity index is 412. The third-order valence-corrected chi connectivity index (χ3v) is 3.39. The van der Waals surface area contributed by atoms with E-state index < -0.39 is 5.60 Å². The van der Waals surface area contributed by atoms with Gasteiger partial charge in [0.1, 0.15) is 5.69 Å². The van der Waals surface area contributed by atoms with E-state index in [0.29, 0.717) is 25.2 Å². The van der Waals surface area contributed by atoms with E-state index in [1.807, 2.05) is 14.0 Å². The maximum Gasteiger partial charge on any atom is 0.272 e. The van der Waals surface area contributed by atoms with Crippen LogP contribution in [0.5, 0.6) is 0 Å². The first-order valence-corrected chi connectivity index (χ1v) is 5.97. The molecule has 0 aliphatic carbocycles. The van der Waals surface area contributed by atoms with Gasteiger partial charge in [-0.2, -0.15) is 0 Å². The van der Waals surface area contributed by atoms with Gasteiger partial charge in [0, 0.05) is 20.1 Å². The average Bonchev–Trinajstić information content (AvgIpc) is 2.59. The zero-order chi connectivity index (χ0) is 12.5. The molecule has 17 heavy (non-hydrogen) atoms. The Morgan fingerprint density at radius 1 is 1.47 bits per heavy atom. The minimum atomic E-state index is -0.637. The third kappa shape index (κ3) is 2.66. The highest BCUT2D eigenvalue weighted by molar-refractivity contribution is 5.92. The summed E-state index contributed by atoms with van der Waals surface area (Å²) in [6, 6.07) is 0. The number of carbonyl (C=O) groups excluding carboxylic acids is 1. The Morgan fingerprint density at radius 3 is 2.88 bits per heavy atom. The van der Waals surface area contributed by atoms with Crippen molar-refractivity contribution >= 4 is 5.91 Å². The molecule has 0 spiro atoms. The van der Waals surface area contributed by atoms with Crippen LogP contribution >= 0.6 is 0 Å². The summed E-state index contributed by atoms with van der Waals surface area (Å²) >= 11 is 0. The molecule has 1 unspecified atom stereocenters. The molecule has 2 heterocycles. The Labute approximate surface area is 101 Å². The lowest BCUT2D eigenvalue weighted by atomic mass is 9.98. The number of imidazole rings is 1. The number of hydrogen-bond acceptors (Lipinski definition) is 3. The van der Waals surface area contributed by atoms with E-state index in [9.17, 15) is 9.90 Å². The Balaban J connectivity index is 2.08. The second-order valence-corrected chi connectivity index (χ2v) is 5.03. The zero-order valence-electron chi connectivity index (χ0n) is 10.4. The fourth-order valence-electron chi connectivity index (χ4n) is 2.19. The summed E-state index contributed by atoms with van der Waals surface area (Å²) in [5.41, 5.74) is -0.0341. The van der Waals surface area contributed by atoms with E-state index in [1.54, 1.807) is 22.0 Å². The van der Waals surface area contributed by atoms with E-state index >= 15 is 0 Å². The molecule has 1 fully saturated rings. The Hall–Kier alpha value is -1.36. The van der Waals surface area contributed by atoms with Crippen molar-refractivity contribution < 1.29 is 9.90 Å². The fourth-order valence-corrected chi connectivity index (χ4v) is 2.19. The molecule has 1 saturated heterocycles. The molecule has 0 radical (unpaired) electrons. The molecule has 94 valence electrons. The van der Waals surface area contributed by atoms with Gasteiger partial charge >= 0.3 is 0 Å². The summed E-state index contributed by atoms with van der Waals surface area (Å²) in [6.07, 6.45) is 5.45. The number of nitrogens with zero attached hydrogens (tertiary/aromatic N) is 3. The van der Waals surface area contributed by atoms with Gasteiger partial charge in [-0.15, -0.1) is 0 Å². The normalized spacial score (nSPS) is 25.7. The summed E-state index contributed by atoms with van der Waals surface area (Å²) in [5.74, 6) is 0.00250. The van der Waals surface area contributed by atoms with Gasteiger partial charge < -0.3 is 14.6 Å². The highest BCUT2D eigenvalue weighted by Crippen LogP contribution is 2.22. The van der Waals surface area contributed by atoms with Crippen LogP contribution in [0.2, 0.25) is 0 Å². The summed E-state index contributed by atoms with van der Waals surface area (Å²) in [7, 11) is 1.81. The Kier molecular flexibility index (Phi) is 3.19. The van der Waals surface area contributed by atoms with Crippen LogP contribution in [0.25, 0.3) is 0 Å². The lowest BCUT2D eigenvalue weighted by Crippen LogP contribution is -2.34. The molecule has 1 aliphatic heterocycles. The van der Waals surface area contributed by atoms with Gasteiger partial charge in [0.15, 0.2) is 0 Å². The van der Waals surface area contributed by atoms with Crippen molar-refractivity contribution in [3.05, 3.63) is 18.2 Å². The van der Waals surface area contributed by atoms with E-state index in [-0.39, 0.29) is 5.91 Å². The SMILES string of the molecule is Cn1cncc1C(=O)N1CCCC(C)(O)CC1. The van der Waals surface area contributed by atoms with Crippen LogP contribution in [0.3, 0.4) is 0 Å². The lowest BCUT2D eigenvalue weighted by Gasteiger charge is -2.22. The van der Waals surface area contributed by atoms with Gasteiger partial charge in [-0.3, -0.25) is 4.79 Å². The summed E-state index contributed by atoms with van der Waals surface area (Å²) in [6.45, 7) is 3.15. The quantitative estimate of drug-likeness (QED) is 0.786. The monoisotopic (exact) mass is 237 g/mol. The molecule has 1 N–H and O–H groups in total. The standard InChI is InChI=1S/C12H19N3O2/c1-12(17)4-3-6-15(7-5-12)11(16)10-8-13-9-14(10)2/h8-9,17H,3-7H2,1-2H3. The van der Waals surface area contributed by atoms with E-state index in [4.69, 9.17) is 0 Å². The van der Waals surface area contributed by atoms with Crippen LogP contribution in [-0.4, -0.2) is 44.2 Å². The lowest BCUT2D eigenvalue weighted by molar-refractivity contribution is 0.0437. The predicted molar refractivity (Wildman–Crippen MR) is 63.6 cm³/mol. The zero-order valence-corrected chi connectivity index (χ0v) is 10.4. The number of likely N-dealkylation sites (tertiary alicyclic amines) is 1. The maximum atomic E-state index is 12.2. The van der Waals surface area contributed by atoms with Crippen molar-refractivity contribution in [2.75, 3.05) is 13.1 Å². The van der Waals surface area contributed by atoms with Crippen LogP contribution in [0.1, 0.15) is 36.7 Å². The maximum absolute atomic E-state index is 12.2. The molecule has 1 aliphatic rings. The minimum Gasteiger partial charge on any atom is -0.390 e. The van der Waals surface area contributed by atoms with Gasteiger partial charge in [0.05, 0.1) is 18.1 Å². The number of aryl methyl sites for hydroxylation is 1. The highest BCUT2D eigenvalue weighted by atomic mass is 16.3. The smallest absolute Gasteiger partial charge is 0.272 e. The highest BCUT2D eigenvalue weighted by Gasteiger charge is 2.28. The topological polar surface area (TPSA) is 58.4 Å². The van der Waals surface area contributed by atoms with Crippen molar-refractivity contribution in [3.8, 4) is 0 Å². The number of rotatable bonds is 1. The van der Waals surface area contributed by atoms with Gasteiger partial charge in [0.2, 0.25) is 0 Å². The number of amides is 1. The summed E-state index contributed by atoms with van der Waals surface area (Å²) in [5, 5.41) is 9.98. The number of aliphatic hydroxyl groups is 1. The number of hydrogen-bond donors (Lipinski definition) is 1. The molecule has 2 rings (SSSR count). The summed E-state index contributed by atoms with van der Waals surface area (Å²) in [4.78, 5) is 18.0. The van der Waals surface area contributed by atoms with Crippen LogP contribution in [0.15, 0.2) is 12.5 Å².